The van der Waals surface area contributed by atoms with E-state index in [9.17, 15) is 19.2 Å². The summed E-state index contributed by atoms with van der Waals surface area (Å²) in [4.78, 5) is 47.1. The summed E-state index contributed by atoms with van der Waals surface area (Å²) in [5.41, 5.74) is -1.24. The summed E-state index contributed by atoms with van der Waals surface area (Å²) in [6.07, 6.45) is 2.75. The molecule has 0 aliphatic heterocycles. The van der Waals surface area contributed by atoms with Crippen LogP contribution in [0.5, 0.6) is 0 Å². The largest absolute Gasteiger partial charge is 0.276 e. The van der Waals surface area contributed by atoms with E-state index in [1.54, 1.807) is 6.92 Å². The van der Waals surface area contributed by atoms with Crippen LogP contribution in [-0.4, -0.2) is 21.0 Å². The predicted octanol–water partition coefficient (Wildman–Crippen LogP) is 4.86. The lowest BCUT2D eigenvalue weighted by molar-refractivity contribution is -0.108. The van der Waals surface area contributed by atoms with Gasteiger partial charge in [0.25, 0.3) is 21.0 Å². The molecule has 1 aromatic carbocycles. The number of rotatable bonds is 7. The smallest absolute Gasteiger partial charge is 0.253 e. The van der Waals surface area contributed by atoms with Gasteiger partial charge in [-0.15, -0.1) is 0 Å². The van der Waals surface area contributed by atoms with Crippen molar-refractivity contribution in [1.29, 1.82) is 0 Å². The molecular formula is C17H10Cl4O4. The summed E-state index contributed by atoms with van der Waals surface area (Å²) in [5, 5.41) is -3.86. The Hall–Kier alpha value is -1.72. The van der Waals surface area contributed by atoms with Crippen LogP contribution in [0.25, 0.3) is 5.57 Å². The van der Waals surface area contributed by atoms with Crippen molar-refractivity contribution in [2.24, 2.45) is 0 Å². The average molecular weight is 420 g/mol. The molecule has 0 saturated carbocycles. The Balaban J connectivity index is 4.16. The highest BCUT2D eigenvalue weighted by atomic mass is 35.5. The number of hydrogen-bond acceptors (Lipinski definition) is 4. The summed E-state index contributed by atoms with van der Waals surface area (Å²) in [5.74, 6) is 0. The van der Waals surface area contributed by atoms with Crippen LogP contribution in [0, 0.1) is 0 Å². The Morgan fingerprint density at radius 2 is 1.40 bits per heavy atom. The summed E-state index contributed by atoms with van der Waals surface area (Å²) in [7, 11) is 0. The molecule has 1 rings (SSSR count). The van der Waals surface area contributed by atoms with E-state index in [2.05, 4.69) is 6.58 Å². The molecule has 0 amide bonds. The second-order valence-electron chi connectivity index (χ2n) is 4.59. The number of carbonyl (C=O) groups is 4. The fourth-order valence-corrected chi connectivity index (χ4v) is 2.68. The van der Waals surface area contributed by atoms with Gasteiger partial charge < -0.3 is 0 Å². The van der Waals surface area contributed by atoms with Gasteiger partial charge in [0.05, 0.1) is 0 Å². The summed E-state index contributed by atoms with van der Waals surface area (Å²) in [6.45, 7) is 5.12. The quantitative estimate of drug-likeness (QED) is 0.359. The van der Waals surface area contributed by atoms with Gasteiger partial charge in [0.15, 0.2) is 0 Å². The Kier molecular flexibility index (Phi) is 7.77. The van der Waals surface area contributed by atoms with E-state index in [1.165, 1.54) is 30.4 Å². The fourth-order valence-electron chi connectivity index (χ4n) is 2.11. The SMILES string of the molecule is C=C(C(=O)Cl)/C(=C(\C=C/C)C(=O)Cl)c1c(C(=O)Cl)cccc1C(=O)Cl. The van der Waals surface area contributed by atoms with Crippen LogP contribution >= 0.6 is 46.4 Å². The Bertz CT molecular complexity index is 818. The van der Waals surface area contributed by atoms with E-state index < -0.39 is 21.0 Å². The molecule has 130 valence electrons. The summed E-state index contributed by atoms with van der Waals surface area (Å²) < 4.78 is 0. The number of benzene rings is 1. The van der Waals surface area contributed by atoms with E-state index in [1.807, 2.05) is 0 Å². The van der Waals surface area contributed by atoms with Crippen molar-refractivity contribution in [1.82, 2.24) is 0 Å². The van der Waals surface area contributed by atoms with Crippen LogP contribution in [0.2, 0.25) is 0 Å². The van der Waals surface area contributed by atoms with E-state index in [0.29, 0.717) is 0 Å². The Morgan fingerprint density at radius 1 is 0.920 bits per heavy atom. The van der Waals surface area contributed by atoms with Crippen LogP contribution in [0.15, 0.2) is 48.1 Å². The summed E-state index contributed by atoms with van der Waals surface area (Å²) in [6, 6.07) is 3.97. The monoisotopic (exact) mass is 418 g/mol. The van der Waals surface area contributed by atoms with E-state index in [-0.39, 0.29) is 33.4 Å². The maximum absolute atomic E-state index is 11.9. The third kappa shape index (κ3) is 4.89. The van der Waals surface area contributed by atoms with E-state index in [4.69, 9.17) is 46.4 Å². The van der Waals surface area contributed by atoms with Crippen molar-refractivity contribution in [3.05, 3.63) is 64.8 Å². The molecule has 0 fully saturated rings. The Morgan fingerprint density at radius 3 is 1.72 bits per heavy atom. The van der Waals surface area contributed by atoms with Gasteiger partial charge in [0, 0.05) is 33.4 Å². The van der Waals surface area contributed by atoms with Crippen molar-refractivity contribution in [2.45, 2.75) is 6.92 Å². The first-order valence-electron chi connectivity index (χ1n) is 6.62. The molecule has 0 aliphatic carbocycles. The minimum atomic E-state index is -1.01. The molecule has 0 unspecified atom stereocenters. The second kappa shape index (κ2) is 9.11. The van der Waals surface area contributed by atoms with Crippen molar-refractivity contribution in [2.75, 3.05) is 0 Å². The first-order valence-corrected chi connectivity index (χ1v) is 8.13. The normalized spacial score (nSPS) is 11.9. The zero-order valence-electron chi connectivity index (χ0n) is 12.7. The van der Waals surface area contributed by atoms with Gasteiger partial charge in [0.1, 0.15) is 0 Å². The number of carbonyl (C=O) groups excluding carboxylic acids is 4. The average Bonchev–Trinajstić information content (AvgIpc) is 2.53. The van der Waals surface area contributed by atoms with Crippen molar-refractivity contribution in [3.8, 4) is 0 Å². The molecule has 0 aliphatic rings. The van der Waals surface area contributed by atoms with Gasteiger partial charge in [-0.1, -0.05) is 24.8 Å². The fraction of sp³-hybridized carbons (Fsp3) is 0.0588. The molecule has 0 radical (unpaired) electrons. The van der Waals surface area contributed by atoms with Gasteiger partial charge >= 0.3 is 0 Å². The van der Waals surface area contributed by atoms with Crippen molar-refractivity contribution in [3.63, 3.8) is 0 Å². The first-order chi connectivity index (χ1) is 11.6. The minimum Gasteiger partial charge on any atom is -0.276 e. The highest BCUT2D eigenvalue weighted by Gasteiger charge is 2.27. The zero-order valence-corrected chi connectivity index (χ0v) is 15.8. The van der Waals surface area contributed by atoms with Crippen LogP contribution in [-0.2, 0) is 9.59 Å². The maximum Gasteiger partial charge on any atom is 0.253 e. The molecule has 0 N–H and O–H groups in total. The zero-order chi connectivity index (χ0) is 19.3. The molecule has 0 aromatic heterocycles. The first kappa shape index (κ1) is 21.3. The number of allylic oxidation sites excluding steroid dienone is 5. The van der Waals surface area contributed by atoms with Gasteiger partial charge in [-0.2, -0.15) is 0 Å². The lowest BCUT2D eigenvalue weighted by Gasteiger charge is -2.16. The van der Waals surface area contributed by atoms with Gasteiger partial charge in [0.2, 0.25) is 0 Å². The third-order valence-corrected chi connectivity index (χ3v) is 3.93. The lowest BCUT2D eigenvalue weighted by Crippen LogP contribution is -2.11. The molecule has 1 aromatic rings. The molecule has 0 bridgehead atoms. The van der Waals surface area contributed by atoms with Gasteiger partial charge in [-0.3, -0.25) is 19.2 Å². The number of hydrogen-bond donors (Lipinski definition) is 0. The summed E-state index contributed by atoms with van der Waals surface area (Å²) >= 11 is 22.2. The molecule has 0 heterocycles. The maximum atomic E-state index is 11.9. The highest BCUT2D eigenvalue weighted by molar-refractivity contribution is 6.72. The van der Waals surface area contributed by atoms with E-state index >= 15 is 0 Å². The molecule has 8 heteroatoms. The molecule has 0 saturated heterocycles. The molecular weight excluding hydrogens is 410 g/mol. The van der Waals surface area contributed by atoms with E-state index in [0.717, 1.165) is 0 Å². The molecule has 25 heavy (non-hydrogen) atoms. The van der Waals surface area contributed by atoms with Crippen LogP contribution in [0.4, 0.5) is 0 Å². The van der Waals surface area contributed by atoms with Gasteiger partial charge in [-0.25, -0.2) is 0 Å². The minimum absolute atomic E-state index is 0.149. The molecule has 0 atom stereocenters. The van der Waals surface area contributed by atoms with Crippen molar-refractivity contribution >= 4 is 72.9 Å². The molecule has 4 nitrogen and oxygen atoms in total. The highest BCUT2D eigenvalue weighted by Crippen LogP contribution is 2.35. The third-order valence-electron chi connectivity index (χ3n) is 3.09. The second-order valence-corrected chi connectivity index (χ2v) is 5.96. The van der Waals surface area contributed by atoms with Crippen molar-refractivity contribution < 1.29 is 19.2 Å². The predicted molar refractivity (Wildman–Crippen MR) is 99.4 cm³/mol. The lowest BCUT2D eigenvalue weighted by atomic mass is 9.87. The van der Waals surface area contributed by atoms with Gasteiger partial charge in [-0.05, 0) is 65.5 Å². The van der Waals surface area contributed by atoms with Crippen LogP contribution in [0.3, 0.4) is 0 Å². The Labute approximate surface area is 163 Å². The number of halogens is 4. The van der Waals surface area contributed by atoms with Crippen LogP contribution < -0.4 is 0 Å². The molecule has 0 spiro atoms. The standard InChI is InChI=1S/C17H10Cl4O4/c1-3-5-9(15(19)23)12(8(2)14(18)22)13-10(16(20)24)6-4-7-11(13)17(21)25/h3-7H,2H2,1H3/b5-3-,12-9-. The van der Waals surface area contributed by atoms with Crippen LogP contribution in [0.1, 0.15) is 33.2 Å². The topological polar surface area (TPSA) is 68.3 Å².